The fraction of sp³-hybridized carbons (Fsp3) is 0.111. The van der Waals surface area contributed by atoms with Crippen molar-refractivity contribution < 1.29 is 0 Å². The van der Waals surface area contributed by atoms with Gasteiger partial charge in [0, 0.05) is 11.8 Å². The SMILES string of the molecule is Cc1ccnnc1-c1cnnc(Cl)c1. The van der Waals surface area contributed by atoms with Gasteiger partial charge >= 0.3 is 0 Å². The highest BCUT2D eigenvalue weighted by molar-refractivity contribution is 6.29. The lowest BCUT2D eigenvalue weighted by Gasteiger charge is -2.01. The Hall–Kier alpha value is -1.55. The highest BCUT2D eigenvalue weighted by atomic mass is 35.5. The number of halogens is 1. The third-order valence-corrected chi connectivity index (χ3v) is 2.01. The van der Waals surface area contributed by atoms with Gasteiger partial charge in [0.25, 0.3) is 0 Å². The van der Waals surface area contributed by atoms with Crippen LogP contribution in [-0.4, -0.2) is 20.4 Å². The fourth-order valence-corrected chi connectivity index (χ4v) is 1.31. The number of aryl methyl sites for hydroxylation is 1. The van der Waals surface area contributed by atoms with E-state index in [0.717, 1.165) is 16.8 Å². The molecule has 0 saturated carbocycles. The van der Waals surface area contributed by atoms with Crippen LogP contribution in [0.1, 0.15) is 5.56 Å². The lowest BCUT2D eigenvalue weighted by molar-refractivity contribution is 0.999. The van der Waals surface area contributed by atoms with Crippen molar-refractivity contribution in [3.8, 4) is 11.3 Å². The molecule has 0 amide bonds. The van der Waals surface area contributed by atoms with Crippen LogP contribution in [-0.2, 0) is 0 Å². The molecule has 2 aromatic rings. The molecule has 0 saturated heterocycles. The molecule has 0 atom stereocenters. The summed E-state index contributed by atoms with van der Waals surface area (Å²) in [5.41, 5.74) is 2.64. The quantitative estimate of drug-likeness (QED) is 0.715. The van der Waals surface area contributed by atoms with Crippen LogP contribution in [0.2, 0.25) is 5.15 Å². The Morgan fingerprint density at radius 2 is 2.07 bits per heavy atom. The van der Waals surface area contributed by atoms with Gasteiger partial charge in [0.15, 0.2) is 5.15 Å². The normalized spacial score (nSPS) is 10.1. The molecular formula is C9H7ClN4. The van der Waals surface area contributed by atoms with Crippen molar-refractivity contribution in [2.75, 3.05) is 0 Å². The Bertz CT molecular complexity index is 458. The van der Waals surface area contributed by atoms with Gasteiger partial charge < -0.3 is 0 Å². The van der Waals surface area contributed by atoms with Crippen molar-refractivity contribution in [1.29, 1.82) is 0 Å². The number of hydrogen-bond acceptors (Lipinski definition) is 4. The third-order valence-electron chi connectivity index (χ3n) is 1.82. The van der Waals surface area contributed by atoms with E-state index >= 15 is 0 Å². The maximum Gasteiger partial charge on any atom is 0.152 e. The predicted molar refractivity (Wildman–Crippen MR) is 52.8 cm³/mol. The van der Waals surface area contributed by atoms with Crippen molar-refractivity contribution in [2.24, 2.45) is 0 Å². The summed E-state index contributed by atoms with van der Waals surface area (Å²) in [6, 6.07) is 3.60. The van der Waals surface area contributed by atoms with Crippen molar-refractivity contribution in [3.63, 3.8) is 0 Å². The minimum absolute atomic E-state index is 0.354. The minimum Gasteiger partial charge on any atom is -0.159 e. The molecule has 0 fully saturated rings. The van der Waals surface area contributed by atoms with Crippen LogP contribution in [0, 0.1) is 6.92 Å². The maximum absolute atomic E-state index is 5.73. The molecule has 0 spiro atoms. The lowest BCUT2D eigenvalue weighted by Crippen LogP contribution is -1.92. The predicted octanol–water partition coefficient (Wildman–Crippen LogP) is 1.90. The first-order chi connectivity index (χ1) is 6.77. The van der Waals surface area contributed by atoms with Crippen LogP contribution in [0.5, 0.6) is 0 Å². The van der Waals surface area contributed by atoms with Gasteiger partial charge in [0.05, 0.1) is 11.9 Å². The molecule has 0 aliphatic heterocycles. The first kappa shape index (κ1) is 9.02. The number of rotatable bonds is 1. The summed E-state index contributed by atoms with van der Waals surface area (Å²) in [5.74, 6) is 0. The van der Waals surface area contributed by atoms with E-state index in [-0.39, 0.29) is 0 Å². The topological polar surface area (TPSA) is 51.6 Å². The van der Waals surface area contributed by atoms with Crippen molar-refractivity contribution in [3.05, 3.63) is 35.2 Å². The van der Waals surface area contributed by atoms with Gasteiger partial charge in [-0.05, 0) is 24.6 Å². The van der Waals surface area contributed by atoms with Crippen LogP contribution >= 0.6 is 11.6 Å². The van der Waals surface area contributed by atoms with E-state index in [1.54, 1.807) is 18.5 Å². The zero-order valence-corrected chi connectivity index (χ0v) is 8.23. The highest BCUT2D eigenvalue weighted by Crippen LogP contribution is 2.20. The second-order valence-corrected chi connectivity index (χ2v) is 3.22. The van der Waals surface area contributed by atoms with E-state index in [4.69, 9.17) is 11.6 Å². The molecule has 0 bridgehead atoms. The molecule has 0 aliphatic carbocycles. The molecule has 0 aliphatic rings. The average molecular weight is 207 g/mol. The van der Waals surface area contributed by atoms with Crippen LogP contribution in [0.15, 0.2) is 24.5 Å². The summed E-state index contributed by atoms with van der Waals surface area (Å²) < 4.78 is 0. The molecule has 2 aromatic heterocycles. The lowest BCUT2D eigenvalue weighted by atomic mass is 10.1. The Balaban J connectivity index is 2.55. The molecule has 5 heteroatoms. The standard InChI is InChI=1S/C9H7ClN4/c1-6-2-3-11-14-9(6)7-4-8(10)13-12-5-7/h2-5H,1H3. The molecular weight excluding hydrogens is 200 g/mol. The summed E-state index contributed by atoms with van der Waals surface area (Å²) in [7, 11) is 0. The first-order valence-corrected chi connectivity index (χ1v) is 4.42. The van der Waals surface area contributed by atoms with Crippen molar-refractivity contribution in [2.45, 2.75) is 6.92 Å². The van der Waals surface area contributed by atoms with E-state index < -0.39 is 0 Å². The number of hydrogen-bond donors (Lipinski definition) is 0. The van der Waals surface area contributed by atoms with Gasteiger partial charge in [-0.3, -0.25) is 0 Å². The molecule has 2 heterocycles. The molecule has 0 radical (unpaired) electrons. The van der Waals surface area contributed by atoms with Gasteiger partial charge in [-0.25, -0.2) is 0 Å². The van der Waals surface area contributed by atoms with Crippen LogP contribution in [0.4, 0.5) is 0 Å². The summed E-state index contributed by atoms with van der Waals surface area (Å²) in [5, 5.41) is 15.6. The second kappa shape index (κ2) is 3.67. The van der Waals surface area contributed by atoms with Crippen molar-refractivity contribution >= 4 is 11.6 Å². The van der Waals surface area contributed by atoms with Crippen molar-refractivity contribution in [1.82, 2.24) is 20.4 Å². The summed E-state index contributed by atoms with van der Waals surface area (Å²) in [6.07, 6.45) is 3.26. The van der Waals surface area contributed by atoms with Gasteiger partial charge in [0.2, 0.25) is 0 Å². The van der Waals surface area contributed by atoms with E-state index in [1.807, 2.05) is 13.0 Å². The fourth-order valence-electron chi connectivity index (χ4n) is 1.15. The minimum atomic E-state index is 0.354. The van der Waals surface area contributed by atoms with E-state index in [0.29, 0.717) is 5.15 Å². The average Bonchev–Trinajstić information content (AvgIpc) is 2.18. The zero-order valence-electron chi connectivity index (χ0n) is 7.48. The number of aromatic nitrogens is 4. The largest absolute Gasteiger partial charge is 0.159 e. The Kier molecular flexibility index (Phi) is 2.37. The van der Waals surface area contributed by atoms with Gasteiger partial charge in [0.1, 0.15) is 0 Å². The van der Waals surface area contributed by atoms with Crippen LogP contribution < -0.4 is 0 Å². The molecule has 0 N–H and O–H groups in total. The summed E-state index contributed by atoms with van der Waals surface area (Å²) in [6.45, 7) is 1.96. The van der Waals surface area contributed by atoms with Gasteiger partial charge in [-0.15, -0.1) is 5.10 Å². The maximum atomic E-state index is 5.73. The first-order valence-electron chi connectivity index (χ1n) is 4.04. The summed E-state index contributed by atoms with van der Waals surface area (Å²) >= 11 is 5.73. The Morgan fingerprint density at radius 1 is 1.21 bits per heavy atom. The molecule has 2 rings (SSSR count). The molecule has 0 aromatic carbocycles. The zero-order chi connectivity index (χ0) is 9.97. The monoisotopic (exact) mass is 206 g/mol. The smallest absolute Gasteiger partial charge is 0.152 e. The Morgan fingerprint density at radius 3 is 2.79 bits per heavy atom. The molecule has 70 valence electrons. The Labute approximate surface area is 86.0 Å². The van der Waals surface area contributed by atoms with E-state index in [9.17, 15) is 0 Å². The third kappa shape index (κ3) is 1.70. The highest BCUT2D eigenvalue weighted by Gasteiger charge is 2.04. The van der Waals surface area contributed by atoms with E-state index in [2.05, 4.69) is 20.4 Å². The van der Waals surface area contributed by atoms with Gasteiger partial charge in [-0.2, -0.15) is 15.3 Å². The van der Waals surface area contributed by atoms with Crippen LogP contribution in [0.25, 0.3) is 11.3 Å². The van der Waals surface area contributed by atoms with E-state index in [1.165, 1.54) is 0 Å². The molecule has 4 nitrogen and oxygen atoms in total. The molecule has 0 unspecified atom stereocenters. The van der Waals surface area contributed by atoms with Gasteiger partial charge in [-0.1, -0.05) is 11.6 Å². The molecule has 14 heavy (non-hydrogen) atoms. The number of nitrogens with zero attached hydrogens (tertiary/aromatic N) is 4. The second-order valence-electron chi connectivity index (χ2n) is 2.83. The summed E-state index contributed by atoms with van der Waals surface area (Å²) in [4.78, 5) is 0. The van der Waals surface area contributed by atoms with Crippen LogP contribution in [0.3, 0.4) is 0 Å².